The summed E-state index contributed by atoms with van der Waals surface area (Å²) in [5, 5.41) is 0. The minimum atomic E-state index is -0.00926. The maximum Gasteiger partial charge on any atom is 0.161 e. The number of hydrogen-bond donors (Lipinski definition) is 1. The van der Waals surface area contributed by atoms with E-state index in [-0.39, 0.29) is 5.78 Å². The van der Waals surface area contributed by atoms with Crippen molar-refractivity contribution >= 4 is 28.5 Å². The Kier molecular flexibility index (Phi) is 3.85. The van der Waals surface area contributed by atoms with Crippen LogP contribution in [0.4, 0.5) is 11.4 Å². The van der Waals surface area contributed by atoms with Crippen molar-refractivity contribution in [3.05, 3.63) is 39.8 Å². The number of thiazole rings is 1. The minimum Gasteiger partial charge on any atom is -0.398 e. The quantitative estimate of drug-likeness (QED) is 0.688. The monoisotopic (exact) mass is 275 g/mol. The van der Waals surface area contributed by atoms with Crippen LogP contribution in [0.2, 0.25) is 0 Å². The molecule has 2 N–H and O–H groups in total. The van der Waals surface area contributed by atoms with E-state index in [4.69, 9.17) is 5.73 Å². The Morgan fingerprint density at radius 2 is 2.21 bits per heavy atom. The van der Waals surface area contributed by atoms with E-state index in [2.05, 4.69) is 9.88 Å². The molecule has 1 aromatic carbocycles. The lowest BCUT2D eigenvalue weighted by molar-refractivity contribution is 0.101. The fourth-order valence-corrected chi connectivity index (χ4v) is 2.72. The van der Waals surface area contributed by atoms with Gasteiger partial charge in [0.15, 0.2) is 5.78 Å². The molecule has 1 aromatic heterocycles. The fourth-order valence-electron chi connectivity index (χ4n) is 1.89. The van der Waals surface area contributed by atoms with Crippen LogP contribution in [0.25, 0.3) is 0 Å². The molecule has 0 amide bonds. The Bertz CT molecular complexity index is 606. The molecule has 19 heavy (non-hydrogen) atoms. The van der Waals surface area contributed by atoms with Gasteiger partial charge in [0, 0.05) is 28.9 Å². The van der Waals surface area contributed by atoms with Gasteiger partial charge in [-0.05, 0) is 32.0 Å². The highest BCUT2D eigenvalue weighted by atomic mass is 32.1. The number of Topliss-reactive ketones (excluding diaryl/α,β-unsaturated/α-hetero) is 1. The molecule has 2 aromatic rings. The number of hydrogen-bond acceptors (Lipinski definition) is 5. The van der Waals surface area contributed by atoms with E-state index in [1.807, 2.05) is 31.6 Å². The Labute approximate surface area is 116 Å². The summed E-state index contributed by atoms with van der Waals surface area (Å²) >= 11 is 1.65. The third-order valence-electron chi connectivity index (χ3n) is 3.08. The molecule has 0 bridgehead atoms. The molecule has 0 fully saturated rings. The highest BCUT2D eigenvalue weighted by Crippen LogP contribution is 2.24. The van der Waals surface area contributed by atoms with Crippen molar-refractivity contribution in [2.45, 2.75) is 20.4 Å². The van der Waals surface area contributed by atoms with Crippen LogP contribution in [0.15, 0.2) is 23.7 Å². The van der Waals surface area contributed by atoms with Crippen LogP contribution in [0.5, 0.6) is 0 Å². The summed E-state index contributed by atoms with van der Waals surface area (Å²) in [6.45, 7) is 4.32. The van der Waals surface area contributed by atoms with Crippen molar-refractivity contribution in [1.29, 1.82) is 0 Å². The topological polar surface area (TPSA) is 59.2 Å². The molecule has 2 rings (SSSR count). The summed E-state index contributed by atoms with van der Waals surface area (Å²) in [7, 11) is 2.00. The van der Waals surface area contributed by atoms with Crippen LogP contribution in [0.3, 0.4) is 0 Å². The summed E-state index contributed by atoms with van der Waals surface area (Å²) in [5.74, 6) is -0.00926. The predicted molar refractivity (Wildman–Crippen MR) is 79.8 cm³/mol. The second-order valence-electron chi connectivity index (χ2n) is 4.54. The van der Waals surface area contributed by atoms with Crippen molar-refractivity contribution in [1.82, 2.24) is 4.98 Å². The Morgan fingerprint density at radius 3 is 2.74 bits per heavy atom. The molecule has 5 heteroatoms. The Hall–Kier alpha value is -1.88. The number of nitrogen functional groups attached to an aromatic ring is 1. The summed E-state index contributed by atoms with van der Waals surface area (Å²) in [4.78, 5) is 18.9. The highest BCUT2D eigenvalue weighted by Gasteiger charge is 2.10. The fraction of sp³-hybridized carbons (Fsp3) is 0.286. The number of nitrogens with two attached hydrogens (primary N) is 1. The van der Waals surface area contributed by atoms with Gasteiger partial charge in [0.2, 0.25) is 0 Å². The third kappa shape index (κ3) is 2.93. The Balaban J connectivity index is 2.20. The van der Waals surface area contributed by atoms with Crippen molar-refractivity contribution in [3.63, 3.8) is 0 Å². The van der Waals surface area contributed by atoms with Gasteiger partial charge in [-0.25, -0.2) is 4.98 Å². The Morgan fingerprint density at radius 1 is 1.47 bits per heavy atom. The number of rotatable bonds is 4. The third-order valence-corrected chi connectivity index (χ3v) is 4.00. The molecule has 0 saturated heterocycles. The molecule has 1 heterocycles. The first-order chi connectivity index (χ1) is 8.99. The minimum absolute atomic E-state index is 0.00926. The molecule has 0 unspecified atom stereocenters. The van der Waals surface area contributed by atoms with Gasteiger partial charge in [0.25, 0.3) is 0 Å². The first kappa shape index (κ1) is 13.5. The van der Waals surface area contributed by atoms with Crippen LogP contribution >= 0.6 is 11.3 Å². The van der Waals surface area contributed by atoms with E-state index in [0.29, 0.717) is 11.3 Å². The zero-order valence-electron chi connectivity index (χ0n) is 11.3. The van der Waals surface area contributed by atoms with E-state index in [1.165, 1.54) is 11.8 Å². The van der Waals surface area contributed by atoms with E-state index in [0.717, 1.165) is 17.9 Å². The molecule has 0 aliphatic heterocycles. The van der Waals surface area contributed by atoms with Crippen LogP contribution in [-0.4, -0.2) is 17.8 Å². The van der Waals surface area contributed by atoms with E-state index in [1.54, 1.807) is 17.4 Å². The van der Waals surface area contributed by atoms with Crippen molar-refractivity contribution in [2.24, 2.45) is 0 Å². The molecule has 4 nitrogen and oxygen atoms in total. The summed E-state index contributed by atoms with van der Waals surface area (Å²) in [6, 6.07) is 5.54. The van der Waals surface area contributed by atoms with Gasteiger partial charge < -0.3 is 10.6 Å². The van der Waals surface area contributed by atoms with Crippen molar-refractivity contribution < 1.29 is 4.79 Å². The maximum atomic E-state index is 11.3. The van der Waals surface area contributed by atoms with E-state index >= 15 is 0 Å². The van der Waals surface area contributed by atoms with E-state index < -0.39 is 0 Å². The van der Waals surface area contributed by atoms with Crippen LogP contribution in [-0.2, 0) is 6.54 Å². The number of nitrogens with zero attached hydrogens (tertiary/aromatic N) is 2. The lowest BCUT2D eigenvalue weighted by Gasteiger charge is -2.19. The van der Waals surface area contributed by atoms with Crippen LogP contribution in [0, 0.1) is 6.92 Å². The summed E-state index contributed by atoms with van der Waals surface area (Å²) < 4.78 is 0. The molecule has 0 saturated carbocycles. The normalized spacial score (nSPS) is 10.5. The van der Waals surface area contributed by atoms with Gasteiger partial charge in [-0.3, -0.25) is 4.79 Å². The average Bonchev–Trinajstić information content (AvgIpc) is 2.74. The number of ketones is 1. The molecule has 0 radical (unpaired) electrons. The van der Waals surface area contributed by atoms with Gasteiger partial charge >= 0.3 is 0 Å². The average molecular weight is 275 g/mol. The largest absolute Gasteiger partial charge is 0.398 e. The standard InChI is InChI=1S/C14H17N3OS/c1-9-14(19-8-16-9)7-17(3)11-4-5-12(10(2)18)13(15)6-11/h4-6,8H,7,15H2,1-3H3. The predicted octanol–water partition coefficient (Wildman–Crippen LogP) is 2.87. The van der Waals surface area contributed by atoms with Crippen LogP contribution in [0.1, 0.15) is 27.9 Å². The van der Waals surface area contributed by atoms with E-state index in [9.17, 15) is 4.79 Å². The number of carbonyl (C=O) groups excluding carboxylic acids is 1. The lowest BCUT2D eigenvalue weighted by atomic mass is 10.1. The first-order valence-corrected chi connectivity index (χ1v) is 6.87. The van der Waals surface area contributed by atoms with Gasteiger partial charge in [-0.15, -0.1) is 11.3 Å². The van der Waals surface area contributed by atoms with Gasteiger partial charge in [0.05, 0.1) is 17.7 Å². The number of benzene rings is 1. The van der Waals surface area contributed by atoms with Gasteiger partial charge in [-0.1, -0.05) is 0 Å². The second-order valence-corrected chi connectivity index (χ2v) is 5.48. The number of aromatic nitrogens is 1. The molecule has 0 atom stereocenters. The van der Waals surface area contributed by atoms with Crippen molar-refractivity contribution in [2.75, 3.05) is 17.7 Å². The van der Waals surface area contributed by atoms with Crippen molar-refractivity contribution in [3.8, 4) is 0 Å². The molecular formula is C14H17N3OS. The lowest BCUT2D eigenvalue weighted by Crippen LogP contribution is -2.16. The SMILES string of the molecule is CC(=O)c1ccc(N(C)Cc2scnc2C)cc1N. The number of carbonyl (C=O) groups is 1. The van der Waals surface area contributed by atoms with Gasteiger partial charge in [0.1, 0.15) is 0 Å². The maximum absolute atomic E-state index is 11.3. The zero-order valence-corrected chi connectivity index (χ0v) is 12.1. The molecular weight excluding hydrogens is 258 g/mol. The highest BCUT2D eigenvalue weighted by molar-refractivity contribution is 7.09. The molecule has 100 valence electrons. The first-order valence-electron chi connectivity index (χ1n) is 5.99. The molecule has 0 aliphatic rings. The second kappa shape index (κ2) is 5.40. The van der Waals surface area contributed by atoms with Crippen LogP contribution < -0.4 is 10.6 Å². The summed E-state index contributed by atoms with van der Waals surface area (Å²) in [5.41, 5.74) is 10.9. The number of anilines is 2. The van der Waals surface area contributed by atoms with Gasteiger partial charge in [-0.2, -0.15) is 0 Å². The number of aryl methyl sites for hydroxylation is 1. The smallest absolute Gasteiger partial charge is 0.161 e. The molecule has 0 aliphatic carbocycles. The zero-order chi connectivity index (χ0) is 14.0. The molecule has 0 spiro atoms. The summed E-state index contributed by atoms with van der Waals surface area (Å²) in [6.07, 6.45) is 0.